The minimum Gasteiger partial charge on any atom is -0.493 e. The van der Waals surface area contributed by atoms with Crippen molar-refractivity contribution in [1.82, 2.24) is 16.1 Å². The van der Waals surface area contributed by atoms with Crippen molar-refractivity contribution < 1.29 is 106 Å². The molecule has 2 amide bonds. The number of hydrogen-bond acceptors (Lipinski definition) is 28. The van der Waals surface area contributed by atoms with Crippen molar-refractivity contribution in [3.63, 3.8) is 0 Å². The number of methoxy groups -OCH3 is 5. The first-order valence-electron chi connectivity index (χ1n) is 28.9. The molecule has 0 spiro atoms. The Labute approximate surface area is 539 Å². The quantitative estimate of drug-likeness (QED) is 0.0131. The second-order valence-electron chi connectivity index (χ2n) is 21.7. The largest absolute Gasteiger partial charge is 0.493 e. The third-order valence-corrected chi connectivity index (χ3v) is 20.4. The van der Waals surface area contributed by atoms with Gasteiger partial charge in [-0.1, -0.05) is 77.8 Å². The van der Waals surface area contributed by atoms with Crippen LogP contribution in [0.25, 0.3) is 0 Å². The number of fused-ring (bicyclic) bond motifs is 2. The van der Waals surface area contributed by atoms with E-state index in [9.17, 15) is 34.8 Å². The lowest BCUT2D eigenvalue weighted by Crippen LogP contribution is -2.65. The Hall–Kier alpha value is -4.62. The summed E-state index contributed by atoms with van der Waals surface area (Å²) in [6.45, 7) is 12.7. The van der Waals surface area contributed by atoms with Crippen LogP contribution in [0.2, 0.25) is 0 Å². The summed E-state index contributed by atoms with van der Waals surface area (Å²) in [5.74, 6) is 8.95. The van der Waals surface area contributed by atoms with Crippen molar-refractivity contribution >= 4 is 72.6 Å². The van der Waals surface area contributed by atoms with Gasteiger partial charge in [-0.15, -0.1) is 0 Å². The number of aliphatic hydroxyl groups excluding tert-OH is 3. The monoisotopic (exact) mass is 1340 g/mol. The van der Waals surface area contributed by atoms with E-state index in [0.29, 0.717) is 0 Å². The van der Waals surface area contributed by atoms with Crippen molar-refractivity contribution in [3.8, 4) is 35.2 Å². The SMILES string of the molecule is C=C(OC)C(=O)Nc1cc(OC)c(OC)cc1C(=O)O[C@H]1CC(O[C@@H]2C(=O)C(NC(=O)OC)=C3/C(=C\CSSSC)[C@]2(O)C#C/C=C\CC#C[C@@H]3O[C@@H]2OC(C)[C@@H](NO[C@H]3C[C@H](O)[C@H](SC)[C@@H](C)O3)[C@H](O)[C@H]2O[C@H]2C[C@H](OC)[C@@H](NC(C)C)CO2)O[C@@H](C)[C@@H]1O. The van der Waals surface area contributed by atoms with E-state index >= 15 is 4.79 Å². The summed E-state index contributed by atoms with van der Waals surface area (Å²) >= 11 is 1.47. The molecule has 30 heteroatoms. The van der Waals surface area contributed by atoms with E-state index in [4.69, 9.17) is 66.4 Å². The average molecular weight is 1340 g/mol. The predicted octanol–water partition coefficient (Wildman–Crippen LogP) is 3.81. The maximum absolute atomic E-state index is 15.7. The molecule has 2 unspecified atom stereocenters. The van der Waals surface area contributed by atoms with E-state index < -0.39 is 134 Å². The number of rotatable bonds is 25. The fraction of sp³-hybridized carbons (Fsp3) is 0.633. The van der Waals surface area contributed by atoms with Gasteiger partial charge in [0, 0.05) is 67.9 Å². The topological polar surface area (TPSA) is 327 Å². The average Bonchev–Trinajstić information content (AvgIpc) is 0.918. The lowest BCUT2D eigenvalue weighted by Gasteiger charge is -2.47. The number of anilines is 1. The Kier molecular flexibility index (Phi) is 27.5. The van der Waals surface area contributed by atoms with Gasteiger partial charge in [-0.2, -0.15) is 17.2 Å². The van der Waals surface area contributed by atoms with Gasteiger partial charge in [0.15, 0.2) is 54.1 Å². The van der Waals surface area contributed by atoms with E-state index in [2.05, 4.69) is 51.7 Å². The summed E-state index contributed by atoms with van der Waals surface area (Å²) in [5, 5.41) is 57.0. The maximum atomic E-state index is 15.7. The molecule has 90 heavy (non-hydrogen) atoms. The first-order valence-corrected chi connectivity index (χ1v) is 34.3. The Balaban J connectivity index is 1.28. The molecule has 2 aliphatic carbocycles. The fourth-order valence-electron chi connectivity index (χ4n) is 10.9. The van der Waals surface area contributed by atoms with Crippen molar-refractivity contribution in [1.29, 1.82) is 0 Å². The zero-order valence-electron chi connectivity index (χ0n) is 52.1. The van der Waals surface area contributed by atoms with Crippen molar-refractivity contribution in [2.75, 3.05) is 65.7 Å². The highest BCUT2D eigenvalue weighted by Crippen LogP contribution is 2.44. The van der Waals surface area contributed by atoms with Gasteiger partial charge in [0.25, 0.3) is 5.91 Å². The van der Waals surface area contributed by atoms with Crippen molar-refractivity contribution in [3.05, 3.63) is 65.1 Å². The number of carbonyl (C=O) groups excluding carboxylic acids is 4. The molecular formula is C60H82N4O22S4. The number of ether oxygens (including phenoxy) is 13. The highest BCUT2D eigenvalue weighted by Gasteiger charge is 2.57. The summed E-state index contributed by atoms with van der Waals surface area (Å²) in [6, 6.07) is 1.39. The lowest BCUT2D eigenvalue weighted by molar-refractivity contribution is -0.336. The molecular weight excluding hydrogens is 1260 g/mol. The molecule has 0 saturated carbocycles. The van der Waals surface area contributed by atoms with Gasteiger partial charge < -0.3 is 92.6 Å². The van der Waals surface area contributed by atoms with E-state index in [1.807, 2.05) is 33.3 Å². The molecule has 0 aromatic heterocycles. The Morgan fingerprint density at radius 3 is 2.27 bits per heavy atom. The van der Waals surface area contributed by atoms with Crippen molar-refractivity contribution in [2.24, 2.45) is 0 Å². The molecule has 6 aliphatic rings. The molecule has 4 fully saturated rings. The number of hydroxylamine groups is 1. The zero-order valence-corrected chi connectivity index (χ0v) is 55.3. The lowest BCUT2D eigenvalue weighted by atomic mass is 9.73. The van der Waals surface area contributed by atoms with E-state index in [1.165, 1.54) is 89.6 Å². The number of alkyl carbamates (subject to hydrolysis) is 1. The van der Waals surface area contributed by atoms with Gasteiger partial charge in [-0.3, -0.25) is 19.7 Å². The summed E-state index contributed by atoms with van der Waals surface area (Å²) in [7, 11) is 10.8. The molecule has 26 nitrogen and oxygen atoms in total. The van der Waals surface area contributed by atoms with Gasteiger partial charge in [-0.25, -0.2) is 9.59 Å². The molecule has 8 N–H and O–H groups in total. The molecule has 4 saturated heterocycles. The fourth-order valence-corrected chi connectivity index (χ4v) is 14.2. The van der Waals surface area contributed by atoms with Crippen LogP contribution >= 0.6 is 43.2 Å². The van der Waals surface area contributed by atoms with Crippen LogP contribution in [0.3, 0.4) is 0 Å². The Morgan fingerprint density at radius 2 is 1.60 bits per heavy atom. The van der Waals surface area contributed by atoms with Crippen LogP contribution in [-0.2, 0) is 66.5 Å². The summed E-state index contributed by atoms with van der Waals surface area (Å²) < 4.78 is 78.2. The van der Waals surface area contributed by atoms with E-state index in [-0.39, 0.29) is 94.7 Å². The number of hydrogen-bond donors (Lipinski definition) is 8. The molecule has 1 aromatic rings. The number of thioether (sulfide) groups is 1. The first-order chi connectivity index (χ1) is 43.0. The van der Waals surface area contributed by atoms with Crippen molar-refractivity contribution in [2.45, 2.75) is 182 Å². The highest BCUT2D eigenvalue weighted by molar-refractivity contribution is 9.09. The zero-order chi connectivity index (χ0) is 65.6. The van der Waals surface area contributed by atoms with Crippen LogP contribution in [-0.4, -0.2) is 226 Å². The molecule has 0 radical (unpaired) electrons. The van der Waals surface area contributed by atoms with Crippen LogP contribution in [0.15, 0.2) is 59.5 Å². The van der Waals surface area contributed by atoms with Gasteiger partial charge in [-0.05, 0) is 49.2 Å². The second kappa shape index (κ2) is 34.0. The number of aliphatic hydroxyl groups is 4. The first kappa shape index (κ1) is 72.8. The van der Waals surface area contributed by atoms with Crippen LogP contribution in [0.4, 0.5) is 10.5 Å². The van der Waals surface area contributed by atoms with Gasteiger partial charge in [0.2, 0.25) is 5.78 Å². The standard InChI is InChI=1S/C60H82N4O22S4/c1-29(2)61-37-28-78-44(26-40(37)74-8)84-53-51(67)48(64-86-46-25-38(65)54(87-12)32(5)80-46)30(3)81-58(53)83-39-19-17-15-14-16-18-21-60(72)35(20-22-89-90-88-13)47(39)49(63-59(71)77-11)52(68)55(60)85-45-27-43(50(66)31(4)79-45)82-57(70)34-23-41(75-9)42(76-10)24-36(34)62-56(69)33(6)73-7/h14,16,20,23-24,29-32,37-40,43-46,48,50-51,53-55,58,61,64-67,72H,6,15,22,25-28H2,1-5,7-13H3,(H,62,69)(H,63,71)/b16-14-,35-20+/t30?,31-,32+,37-,38-,39-,40-,43-,44-,45?,46-,48+,50-,51-,53+,54+,55+,58-,60+/m0/s1. The normalized spacial score (nSPS) is 34.3. The number of benzene rings is 1. The number of Topliss-reactive ketones (excluding diaryl/α,β-unsaturated/α-hetero) is 1. The van der Waals surface area contributed by atoms with Gasteiger partial charge in [0.1, 0.15) is 30.5 Å². The summed E-state index contributed by atoms with van der Waals surface area (Å²) in [6.07, 6.45) is -11.3. The molecule has 4 heterocycles. The predicted molar refractivity (Wildman–Crippen MR) is 334 cm³/mol. The van der Waals surface area contributed by atoms with E-state index in [1.54, 1.807) is 26.2 Å². The molecule has 2 bridgehead atoms. The number of nitrogens with one attached hydrogen (secondary N) is 4. The molecule has 498 valence electrons. The van der Waals surface area contributed by atoms with Gasteiger partial charge >= 0.3 is 12.1 Å². The second-order valence-corrected chi connectivity index (χ2v) is 27.1. The Morgan fingerprint density at radius 1 is 0.878 bits per heavy atom. The van der Waals surface area contributed by atoms with Crippen LogP contribution in [0, 0.1) is 23.7 Å². The molecule has 4 aliphatic heterocycles. The smallest absolute Gasteiger partial charge is 0.411 e. The minimum atomic E-state index is -2.67. The third kappa shape index (κ3) is 17.8. The summed E-state index contributed by atoms with van der Waals surface area (Å²) in [4.78, 5) is 62.7. The number of carbonyl (C=O) groups is 4. The number of allylic oxidation sites excluding steroid dienone is 2. The molecule has 19 atom stereocenters. The number of amides is 2. The van der Waals surface area contributed by atoms with Crippen LogP contribution < -0.4 is 30.9 Å². The molecule has 1 aromatic carbocycles. The highest BCUT2D eigenvalue weighted by atomic mass is 33.5. The van der Waals surface area contributed by atoms with Crippen LogP contribution in [0.1, 0.15) is 70.7 Å². The minimum absolute atomic E-state index is 0.0605. The van der Waals surface area contributed by atoms with E-state index in [0.717, 1.165) is 7.11 Å². The Bertz CT molecular complexity index is 2910. The third-order valence-electron chi connectivity index (χ3n) is 15.4. The van der Waals surface area contributed by atoms with Crippen LogP contribution in [0.5, 0.6) is 11.5 Å². The number of ketones is 1. The molecule has 7 rings (SSSR count). The maximum Gasteiger partial charge on any atom is 0.411 e. The number of esters is 1. The van der Waals surface area contributed by atoms with Gasteiger partial charge in [0.05, 0.1) is 99.8 Å². The summed E-state index contributed by atoms with van der Waals surface area (Å²) in [5.41, 5.74) is -0.924.